The average molecular weight is 408 g/mol. The fraction of sp³-hybridized carbons (Fsp3) is 0.455. The Morgan fingerprint density at radius 1 is 0.966 bits per heavy atom. The van der Waals surface area contributed by atoms with Gasteiger partial charge in [-0.05, 0) is 25.5 Å². The third-order valence-electron chi connectivity index (χ3n) is 5.21. The van der Waals surface area contributed by atoms with Gasteiger partial charge in [0.25, 0.3) is 0 Å². The predicted molar refractivity (Wildman–Crippen MR) is 99.9 cm³/mol. The molecule has 2 aromatic rings. The van der Waals surface area contributed by atoms with Gasteiger partial charge in [-0.2, -0.15) is 8.78 Å². The minimum absolute atomic E-state index is 0.00495. The van der Waals surface area contributed by atoms with E-state index in [4.69, 9.17) is 18.9 Å². The lowest BCUT2D eigenvalue weighted by molar-refractivity contribution is -0.207. The van der Waals surface area contributed by atoms with Gasteiger partial charge in [-0.3, -0.25) is 0 Å². The molecular weight excluding hydrogens is 385 g/mol. The second-order valence-electron chi connectivity index (χ2n) is 7.31. The Hall–Kier alpha value is -2.25. The Morgan fingerprint density at radius 3 is 2.38 bits per heavy atom. The van der Waals surface area contributed by atoms with E-state index >= 15 is 0 Å². The molecule has 0 aliphatic carbocycles. The first-order valence-corrected chi connectivity index (χ1v) is 9.89. The van der Waals surface area contributed by atoms with Crippen molar-refractivity contribution in [3.05, 3.63) is 52.3 Å². The summed E-state index contributed by atoms with van der Waals surface area (Å²) in [4.78, 5) is 0. The lowest BCUT2D eigenvalue weighted by Gasteiger charge is -2.30. The van der Waals surface area contributed by atoms with Gasteiger partial charge < -0.3 is 18.9 Å². The number of hydrogen-bond acceptors (Lipinski definition) is 4. The van der Waals surface area contributed by atoms with Gasteiger partial charge in [0.15, 0.2) is 29.4 Å². The summed E-state index contributed by atoms with van der Waals surface area (Å²) in [5.74, 6) is -3.19. The highest BCUT2D eigenvalue weighted by Crippen LogP contribution is 2.44. The molecule has 4 nitrogen and oxygen atoms in total. The fourth-order valence-corrected chi connectivity index (χ4v) is 3.80. The predicted octanol–water partition coefficient (Wildman–Crippen LogP) is 5.66. The van der Waals surface area contributed by atoms with Crippen LogP contribution in [0.4, 0.5) is 13.2 Å². The highest BCUT2D eigenvalue weighted by molar-refractivity contribution is 5.54. The van der Waals surface area contributed by atoms with E-state index in [9.17, 15) is 13.2 Å². The normalized spacial score (nSPS) is 20.6. The molecule has 29 heavy (non-hydrogen) atoms. The van der Waals surface area contributed by atoms with Crippen molar-refractivity contribution in [2.45, 2.75) is 39.4 Å². The van der Waals surface area contributed by atoms with Crippen LogP contribution in [0.5, 0.6) is 17.2 Å². The van der Waals surface area contributed by atoms with Gasteiger partial charge in [0, 0.05) is 29.0 Å². The summed E-state index contributed by atoms with van der Waals surface area (Å²) in [6.07, 6.45) is 1.18. The Bertz CT molecular complexity index is 908. The first-order valence-electron chi connectivity index (χ1n) is 9.89. The Morgan fingerprint density at radius 2 is 1.69 bits per heavy atom. The van der Waals surface area contributed by atoms with E-state index in [1.165, 1.54) is 12.1 Å². The summed E-state index contributed by atoms with van der Waals surface area (Å²) < 4.78 is 66.1. The van der Waals surface area contributed by atoms with E-state index in [1.54, 1.807) is 13.0 Å². The van der Waals surface area contributed by atoms with Crippen molar-refractivity contribution in [2.75, 3.05) is 19.8 Å². The average Bonchev–Trinajstić information content (AvgIpc) is 2.73. The Balaban J connectivity index is 1.63. The molecule has 4 rings (SSSR count). The van der Waals surface area contributed by atoms with Crippen molar-refractivity contribution in [1.29, 1.82) is 0 Å². The molecule has 1 saturated heterocycles. The highest BCUT2D eigenvalue weighted by atomic mass is 19.2. The second-order valence-corrected chi connectivity index (χ2v) is 7.31. The standard InChI is InChI=1S/C22H23F3O4/c1-3-5-12-10-27-22(28-11-12)15-9-14-8-13-6-7-16(26-4-2)18(24)20(13)29-21(14)19(25)17(15)23/h6-7,9,12,22H,3-5,8,10-11H2,1-2H3. The first-order chi connectivity index (χ1) is 14.0. The number of benzene rings is 2. The maximum atomic E-state index is 14.8. The highest BCUT2D eigenvalue weighted by Gasteiger charge is 2.33. The third kappa shape index (κ3) is 3.69. The van der Waals surface area contributed by atoms with Crippen molar-refractivity contribution in [3.63, 3.8) is 0 Å². The Labute approximate surface area is 167 Å². The monoisotopic (exact) mass is 408 g/mol. The van der Waals surface area contributed by atoms with Crippen LogP contribution in [0.15, 0.2) is 18.2 Å². The van der Waals surface area contributed by atoms with Gasteiger partial charge >= 0.3 is 0 Å². The van der Waals surface area contributed by atoms with Crippen LogP contribution in [0.2, 0.25) is 0 Å². The molecule has 0 spiro atoms. The minimum atomic E-state index is -1.17. The van der Waals surface area contributed by atoms with Crippen LogP contribution in [0.1, 0.15) is 49.7 Å². The molecule has 2 aromatic carbocycles. The first kappa shape index (κ1) is 20.0. The fourth-order valence-electron chi connectivity index (χ4n) is 3.80. The van der Waals surface area contributed by atoms with Crippen molar-refractivity contribution < 1.29 is 32.1 Å². The third-order valence-corrected chi connectivity index (χ3v) is 5.21. The van der Waals surface area contributed by atoms with Gasteiger partial charge in [0.1, 0.15) is 0 Å². The SMILES string of the molecule is CCCC1COC(c2cc3c(c(F)c2F)Oc2c(ccc(OCC)c2F)C3)OC1. The quantitative estimate of drug-likeness (QED) is 0.546. The molecule has 0 unspecified atom stereocenters. The van der Waals surface area contributed by atoms with Crippen molar-refractivity contribution in [3.8, 4) is 17.2 Å². The zero-order valence-electron chi connectivity index (χ0n) is 16.4. The molecule has 0 N–H and O–H groups in total. The molecule has 2 aliphatic rings. The summed E-state index contributed by atoms with van der Waals surface area (Å²) in [6.45, 7) is 4.94. The molecule has 0 radical (unpaired) electrons. The van der Waals surface area contributed by atoms with Crippen LogP contribution in [0, 0.1) is 23.4 Å². The molecular formula is C22H23F3O4. The van der Waals surface area contributed by atoms with Gasteiger partial charge in [0.05, 0.1) is 19.8 Å². The second kappa shape index (κ2) is 8.24. The minimum Gasteiger partial charge on any atom is -0.491 e. The Kier molecular flexibility index (Phi) is 5.69. The largest absolute Gasteiger partial charge is 0.491 e. The molecule has 0 saturated carbocycles. The topological polar surface area (TPSA) is 36.9 Å². The number of ether oxygens (including phenoxy) is 4. The van der Waals surface area contributed by atoms with E-state index in [-0.39, 0.29) is 41.8 Å². The number of hydrogen-bond donors (Lipinski definition) is 0. The van der Waals surface area contributed by atoms with E-state index in [0.29, 0.717) is 24.3 Å². The van der Waals surface area contributed by atoms with Crippen LogP contribution < -0.4 is 9.47 Å². The lowest BCUT2D eigenvalue weighted by Crippen LogP contribution is -2.28. The van der Waals surface area contributed by atoms with Gasteiger partial charge in [-0.25, -0.2) is 4.39 Å². The van der Waals surface area contributed by atoms with E-state index in [1.807, 2.05) is 0 Å². The number of rotatable bonds is 5. The summed E-state index contributed by atoms with van der Waals surface area (Å²) in [6, 6.07) is 4.65. The van der Waals surface area contributed by atoms with Crippen molar-refractivity contribution in [2.24, 2.45) is 5.92 Å². The van der Waals surface area contributed by atoms with Crippen LogP contribution in [0.3, 0.4) is 0 Å². The molecule has 7 heteroatoms. The molecule has 0 bridgehead atoms. The van der Waals surface area contributed by atoms with Crippen molar-refractivity contribution in [1.82, 2.24) is 0 Å². The molecule has 0 amide bonds. The molecule has 1 fully saturated rings. The van der Waals surface area contributed by atoms with E-state index in [0.717, 1.165) is 12.8 Å². The maximum absolute atomic E-state index is 14.8. The molecule has 2 heterocycles. The molecule has 0 aromatic heterocycles. The number of halogens is 3. The van der Waals surface area contributed by atoms with Gasteiger partial charge in [-0.1, -0.05) is 19.4 Å². The molecule has 2 aliphatic heterocycles. The van der Waals surface area contributed by atoms with Crippen molar-refractivity contribution >= 4 is 0 Å². The smallest absolute Gasteiger partial charge is 0.207 e. The summed E-state index contributed by atoms with van der Waals surface area (Å²) in [5, 5.41) is 0. The van der Waals surface area contributed by atoms with Crippen LogP contribution in [-0.2, 0) is 15.9 Å². The van der Waals surface area contributed by atoms with E-state index < -0.39 is 23.7 Å². The maximum Gasteiger partial charge on any atom is 0.207 e. The van der Waals surface area contributed by atoms with Crippen LogP contribution in [0.25, 0.3) is 0 Å². The molecule has 0 atom stereocenters. The van der Waals surface area contributed by atoms with Crippen LogP contribution in [-0.4, -0.2) is 19.8 Å². The van der Waals surface area contributed by atoms with Gasteiger partial charge in [-0.15, -0.1) is 0 Å². The zero-order valence-corrected chi connectivity index (χ0v) is 16.4. The van der Waals surface area contributed by atoms with Crippen LogP contribution >= 0.6 is 0 Å². The number of fused-ring (bicyclic) bond motifs is 2. The summed E-state index contributed by atoms with van der Waals surface area (Å²) in [7, 11) is 0. The van der Waals surface area contributed by atoms with Gasteiger partial charge in [0.2, 0.25) is 11.6 Å². The zero-order chi connectivity index (χ0) is 20.5. The summed E-state index contributed by atoms with van der Waals surface area (Å²) >= 11 is 0. The molecule has 156 valence electrons. The lowest BCUT2D eigenvalue weighted by atomic mass is 9.97. The summed E-state index contributed by atoms with van der Waals surface area (Å²) in [5.41, 5.74) is 0.941. The van der Waals surface area contributed by atoms with E-state index in [2.05, 4.69) is 6.92 Å².